The zero-order valence-corrected chi connectivity index (χ0v) is 6.10. The van der Waals surface area contributed by atoms with Gasteiger partial charge in [-0.1, -0.05) is 0 Å². The van der Waals surface area contributed by atoms with E-state index in [0.29, 0.717) is 6.42 Å². The first-order valence-corrected chi connectivity index (χ1v) is 2.94. The monoisotopic (exact) mass is 131 g/mol. The summed E-state index contributed by atoms with van der Waals surface area (Å²) in [5.41, 5.74) is 0. The first-order valence-electron chi connectivity index (χ1n) is 2.94. The van der Waals surface area contributed by atoms with Gasteiger partial charge in [-0.3, -0.25) is 4.79 Å². The van der Waals surface area contributed by atoms with Gasteiger partial charge in [0.2, 0.25) is 5.91 Å². The second kappa shape index (κ2) is 4.32. The third-order valence-electron chi connectivity index (χ3n) is 1.15. The van der Waals surface area contributed by atoms with Crippen LogP contribution in [0.5, 0.6) is 0 Å². The van der Waals surface area contributed by atoms with Crippen molar-refractivity contribution in [3.05, 3.63) is 0 Å². The molecule has 0 aromatic heterocycles. The Hall–Kier alpha value is -0.570. The van der Waals surface area contributed by atoms with Crippen LogP contribution in [-0.4, -0.2) is 26.2 Å². The standard InChI is InChI=1S/C6H13NO2/c1-5(9-3)4-6(8)7-2/h5H,4H2,1-3H3,(H,7,8)/t5-/m1/s1. The maximum atomic E-state index is 10.6. The molecule has 0 unspecified atom stereocenters. The fourth-order valence-corrected chi connectivity index (χ4v) is 0.446. The number of hydrogen-bond acceptors (Lipinski definition) is 2. The van der Waals surface area contributed by atoms with Gasteiger partial charge in [-0.2, -0.15) is 0 Å². The topological polar surface area (TPSA) is 38.3 Å². The van der Waals surface area contributed by atoms with Crippen LogP contribution in [0.4, 0.5) is 0 Å². The summed E-state index contributed by atoms with van der Waals surface area (Å²) in [6.07, 6.45) is 0.456. The van der Waals surface area contributed by atoms with Crippen molar-refractivity contribution in [2.75, 3.05) is 14.2 Å². The van der Waals surface area contributed by atoms with Crippen molar-refractivity contribution in [1.82, 2.24) is 5.32 Å². The molecule has 0 aromatic carbocycles. The molecular weight excluding hydrogens is 118 g/mol. The van der Waals surface area contributed by atoms with Crippen LogP contribution in [0.2, 0.25) is 0 Å². The van der Waals surface area contributed by atoms with Crippen molar-refractivity contribution >= 4 is 5.91 Å². The van der Waals surface area contributed by atoms with Crippen LogP contribution in [0.1, 0.15) is 13.3 Å². The Morgan fingerprint density at radius 2 is 2.33 bits per heavy atom. The highest BCUT2D eigenvalue weighted by atomic mass is 16.5. The zero-order chi connectivity index (χ0) is 7.28. The van der Waals surface area contributed by atoms with Gasteiger partial charge in [0.15, 0.2) is 0 Å². The van der Waals surface area contributed by atoms with Crippen LogP contribution >= 0.6 is 0 Å². The van der Waals surface area contributed by atoms with E-state index < -0.39 is 0 Å². The number of carbonyl (C=O) groups is 1. The first-order chi connectivity index (χ1) is 4.20. The summed E-state index contributed by atoms with van der Waals surface area (Å²) in [5, 5.41) is 2.51. The Balaban J connectivity index is 3.34. The van der Waals surface area contributed by atoms with E-state index in [9.17, 15) is 4.79 Å². The molecule has 0 bridgehead atoms. The fraction of sp³-hybridized carbons (Fsp3) is 0.833. The molecule has 0 aliphatic carbocycles. The molecule has 3 nitrogen and oxygen atoms in total. The maximum Gasteiger partial charge on any atom is 0.222 e. The molecular formula is C6H13NO2. The number of ether oxygens (including phenoxy) is 1. The van der Waals surface area contributed by atoms with Gasteiger partial charge in [0.25, 0.3) is 0 Å². The highest BCUT2D eigenvalue weighted by Crippen LogP contribution is 1.92. The molecule has 0 rings (SSSR count). The summed E-state index contributed by atoms with van der Waals surface area (Å²) in [5.74, 6) is 0.0179. The molecule has 1 amide bonds. The van der Waals surface area contributed by atoms with Crippen molar-refractivity contribution < 1.29 is 9.53 Å². The van der Waals surface area contributed by atoms with Gasteiger partial charge in [-0.25, -0.2) is 0 Å². The number of carbonyl (C=O) groups excluding carboxylic acids is 1. The Morgan fingerprint density at radius 3 is 2.67 bits per heavy atom. The zero-order valence-electron chi connectivity index (χ0n) is 6.10. The largest absolute Gasteiger partial charge is 0.381 e. The molecule has 0 fully saturated rings. The summed E-state index contributed by atoms with van der Waals surface area (Å²) in [6, 6.07) is 0. The van der Waals surface area contributed by atoms with Crippen LogP contribution in [0.25, 0.3) is 0 Å². The molecule has 0 heterocycles. The van der Waals surface area contributed by atoms with Crippen LogP contribution in [0.15, 0.2) is 0 Å². The lowest BCUT2D eigenvalue weighted by Gasteiger charge is -2.06. The lowest BCUT2D eigenvalue weighted by Crippen LogP contribution is -2.23. The van der Waals surface area contributed by atoms with Crippen molar-refractivity contribution in [1.29, 1.82) is 0 Å². The van der Waals surface area contributed by atoms with Gasteiger partial charge in [0, 0.05) is 14.2 Å². The van der Waals surface area contributed by atoms with Gasteiger partial charge in [-0.15, -0.1) is 0 Å². The van der Waals surface area contributed by atoms with Gasteiger partial charge in [-0.05, 0) is 6.92 Å². The minimum atomic E-state index is 0.0179. The molecule has 1 atom stereocenters. The molecule has 0 radical (unpaired) electrons. The molecule has 0 aromatic rings. The Kier molecular flexibility index (Phi) is 4.05. The normalized spacial score (nSPS) is 12.8. The Morgan fingerprint density at radius 1 is 1.78 bits per heavy atom. The molecule has 9 heavy (non-hydrogen) atoms. The van der Waals surface area contributed by atoms with E-state index in [-0.39, 0.29) is 12.0 Å². The van der Waals surface area contributed by atoms with E-state index in [1.165, 1.54) is 0 Å². The summed E-state index contributed by atoms with van der Waals surface area (Å²) in [7, 11) is 3.21. The molecule has 3 heteroatoms. The van der Waals surface area contributed by atoms with Gasteiger partial charge >= 0.3 is 0 Å². The predicted molar refractivity (Wildman–Crippen MR) is 35.2 cm³/mol. The molecule has 0 aliphatic heterocycles. The number of nitrogens with one attached hydrogen (secondary N) is 1. The number of hydrogen-bond donors (Lipinski definition) is 1. The third kappa shape index (κ3) is 3.97. The van der Waals surface area contributed by atoms with Crippen molar-refractivity contribution in [2.24, 2.45) is 0 Å². The van der Waals surface area contributed by atoms with E-state index in [1.54, 1.807) is 14.2 Å². The second-order valence-electron chi connectivity index (χ2n) is 1.92. The van der Waals surface area contributed by atoms with Crippen LogP contribution in [0.3, 0.4) is 0 Å². The number of rotatable bonds is 3. The van der Waals surface area contributed by atoms with Crippen molar-refractivity contribution in [3.63, 3.8) is 0 Å². The average molecular weight is 131 g/mol. The average Bonchev–Trinajstić information content (AvgIpc) is 1.87. The molecule has 54 valence electrons. The fourth-order valence-electron chi connectivity index (χ4n) is 0.446. The summed E-state index contributed by atoms with van der Waals surface area (Å²) < 4.78 is 4.86. The Bertz CT molecular complexity index is 93.1. The Labute approximate surface area is 55.4 Å². The number of amides is 1. The maximum absolute atomic E-state index is 10.6. The predicted octanol–water partition coefficient (Wildman–Crippen LogP) is 0.157. The summed E-state index contributed by atoms with van der Waals surface area (Å²) in [6.45, 7) is 1.86. The van der Waals surface area contributed by atoms with Crippen LogP contribution in [0, 0.1) is 0 Å². The third-order valence-corrected chi connectivity index (χ3v) is 1.15. The highest BCUT2D eigenvalue weighted by molar-refractivity contribution is 5.75. The van der Waals surface area contributed by atoms with E-state index >= 15 is 0 Å². The molecule has 0 aliphatic rings. The van der Waals surface area contributed by atoms with Crippen LogP contribution in [-0.2, 0) is 9.53 Å². The van der Waals surface area contributed by atoms with E-state index in [0.717, 1.165) is 0 Å². The summed E-state index contributed by atoms with van der Waals surface area (Å²) in [4.78, 5) is 10.6. The quantitative estimate of drug-likeness (QED) is 0.592. The molecule has 0 spiro atoms. The van der Waals surface area contributed by atoms with Gasteiger partial charge in [0.05, 0.1) is 12.5 Å². The lowest BCUT2D eigenvalue weighted by molar-refractivity contribution is -0.122. The highest BCUT2D eigenvalue weighted by Gasteiger charge is 2.04. The van der Waals surface area contributed by atoms with Gasteiger partial charge in [0.1, 0.15) is 0 Å². The number of methoxy groups -OCH3 is 1. The van der Waals surface area contributed by atoms with Gasteiger partial charge < -0.3 is 10.1 Å². The van der Waals surface area contributed by atoms with Crippen LogP contribution < -0.4 is 5.32 Å². The smallest absolute Gasteiger partial charge is 0.222 e. The molecule has 1 N–H and O–H groups in total. The lowest BCUT2D eigenvalue weighted by atomic mass is 10.3. The van der Waals surface area contributed by atoms with E-state index in [1.807, 2.05) is 6.92 Å². The van der Waals surface area contributed by atoms with Crippen molar-refractivity contribution in [2.45, 2.75) is 19.4 Å². The SMILES string of the molecule is CNC(=O)C[C@@H](C)OC. The van der Waals surface area contributed by atoms with E-state index in [4.69, 9.17) is 4.74 Å². The minimum Gasteiger partial charge on any atom is -0.381 e. The first kappa shape index (κ1) is 8.43. The van der Waals surface area contributed by atoms with E-state index in [2.05, 4.69) is 5.32 Å². The second-order valence-corrected chi connectivity index (χ2v) is 1.92. The molecule has 0 saturated carbocycles. The summed E-state index contributed by atoms with van der Waals surface area (Å²) >= 11 is 0. The van der Waals surface area contributed by atoms with Crippen molar-refractivity contribution in [3.8, 4) is 0 Å². The molecule has 0 saturated heterocycles. The minimum absolute atomic E-state index is 0.0179.